The van der Waals surface area contributed by atoms with E-state index >= 15 is 0 Å². The second kappa shape index (κ2) is 9.04. The van der Waals surface area contributed by atoms with Gasteiger partial charge >= 0.3 is 5.97 Å². The Kier molecular flexibility index (Phi) is 6.23. The molecule has 34 heavy (non-hydrogen) atoms. The number of alkyl halides is 2. The summed E-state index contributed by atoms with van der Waals surface area (Å²) in [5.74, 6) is -3.91. The van der Waals surface area contributed by atoms with Crippen LogP contribution in [0.1, 0.15) is 68.1 Å². The molecule has 0 aromatic heterocycles. The Morgan fingerprint density at radius 3 is 2.50 bits per heavy atom. The quantitative estimate of drug-likeness (QED) is 0.575. The minimum atomic E-state index is -2.84. The fraction of sp³-hybridized carbons (Fsp3) is 0.536. The van der Waals surface area contributed by atoms with E-state index in [1.165, 1.54) is 0 Å². The third-order valence-electron chi connectivity index (χ3n) is 8.23. The first-order chi connectivity index (χ1) is 16.3. The van der Waals surface area contributed by atoms with E-state index in [1.54, 1.807) is 0 Å². The van der Waals surface area contributed by atoms with Crippen LogP contribution in [-0.4, -0.2) is 35.7 Å². The maximum absolute atomic E-state index is 14.1. The van der Waals surface area contributed by atoms with Gasteiger partial charge in [-0.05, 0) is 54.8 Å². The summed E-state index contributed by atoms with van der Waals surface area (Å²) in [5.41, 5.74) is 0.560. The molecule has 2 aliphatic carbocycles. The molecule has 0 radical (unpaired) electrons. The van der Waals surface area contributed by atoms with Crippen molar-refractivity contribution in [2.24, 2.45) is 11.8 Å². The Labute approximate surface area is 199 Å². The van der Waals surface area contributed by atoms with E-state index in [1.807, 2.05) is 54.6 Å². The van der Waals surface area contributed by atoms with E-state index in [0.29, 0.717) is 18.4 Å². The lowest BCUT2D eigenvalue weighted by atomic mass is 9.72. The number of ether oxygens (including phenoxy) is 1. The van der Waals surface area contributed by atoms with Crippen molar-refractivity contribution in [1.29, 1.82) is 0 Å². The highest BCUT2D eigenvalue weighted by atomic mass is 19.3. The normalized spacial score (nSPS) is 30.5. The third kappa shape index (κ3) is 4.16. The maximum Gasteiger partial charge on any atom is 0.343 e. The van der Waals surface area contributed by atoms with Gasteiger partial charge in [-0.25, -0.2) is 13.6 Å². The van der Waals surface area contributed by atoms with Crippen LogP contribution in [0.2, 0.25) is 0 Å². The van der Waals surface area contributed by atoms with Gasteiger partial charge in [-0.1, -0.05) is 61.5 Å². The van der Waals surface area contributed by atoms with Crippen molar-refractivity contribution >= 4 is 5.97 Å². The second-order valence-electron chi connectivity index (χ2n) is 10.3. The van der Waals surface area contributed by atoms with Crippen LogP contribution in [0, 0.1) is 11.8 Å². The Bertz CT molecular complexity index is 1010. The number of nitrogens with one attached hydrogen (secondary N) is 1. The van der Waals surface area contributed by atoms with E-state index in [-0.39, 0.29) is 30.2 Å². The van der Waals surface area contributed by atoms with Gasteiger partial charge in [0.1, 0.15) is 6.10 Å². The van der Waals surface area contributed by atoms with Crippen molar-refractivity contribution in [2.45, 2.75) is 75.0 Å². The monoisotopic (exact) mass is 469 g/mol. The highest BCUT2D eigenvalue weighted by Gasteiger charge is 2.59. The minimum absolute atomic E-state index is 0.00423. The van der Waals surface area contributed by atoms with Crippen LogP contribution in [0.25, 0.3) is 0 Å². The molecule has 2 bridgehead atoms. The molecular weight excluding hydrogens is 436 g/mol. The molecule has 2 N–H and O–H groups in total. The molecule has 5 unspecified atom stereocenters. The molecule has 5 rings (SSSR count). The van der Waals surface area contributed by atoms with Crippen LogP contribution >= 0.6 is 0 Å². The summed E-state index contributed by atoms with van der Waals surface area (Å²) in [5, 5.41) is 15.8. The Hall–Kier alpha value is -2.31. The maximum atomic E-state index is 14.1. The van der Waals surface area contributed by atoms with Gasteiger partial charge in [0.2, 0.25) is 0 Å². The second-order valence-corrected chi connectivity index (χ2v) is 10.3. The van der Waals surface area contributed by atoms with Crippen molar-refractivity contribution in [3.8, 4) is 0 Å². The summed E-state index contributed by atoms with van der Waals surface area (Å²) >= 11 is 0. The zero-order chi connectivity index (χ0) is 23.9. The standard InChI is InChI=1S/C28H33F2NO3/c1-18(19-8-3-2-4-9-19)22-11-5-6-12-23(22)28(33,25-20-13-14-24(25)31-17-20)26(32)34-21-10-7-15-27(29,30)16-21/h2-6,8-9,11-12,18,20-21,24-25,31,33H,7,10,13-17H2,1H3/t18-,20?,21?,24?,25?,28?/m1/s1. The molecule has 3 aliphatic rings. The van der Waals surface area contributed by atoms with Crippen LogP contribution in [0.4, 0.5) is 8.78 Å². The number of benzene rings is 2. The zero-order valence-electron chi connectivity index (χ0n) is 19.6. The van der Waals surface area contributed by atoms with Crippen LogP contribution in [0.15, 0.2) is 54.6 Å². The molecule has 1 aliphatic heterocycles. The number of rotatable bonds is 6. The molecule has 182 valence electrons. The lowest BCUT2D eigenvalue weighted by molar-refractivity contribution is -0.188. The molecule has 2 saturated carbocycles. The fourth-order valence-electron chi connectivity index (χ4n) is 6.51. The highest BCUT2D eigenvalue weighted by Crippen LogP contribution is 2.50. The number of aliphatic hydroxyl groups is 1. The number of hydrogen-bond donors (Lipinski definition) is 2. The van der Waals surface area contributed by atoms with Gasteiger partial charge in [0.25, 0.3) is 5.92 Å². The first-order valence-corrected chi connectivity index (χ1v) is 12.5. The number of esters is 1. The van der Waals surface area contributed by atoms with Gasteiger partial charge in [-0.3, -0.25) is 0 Å². The lowest BCUT2D eigenvalue weighted by Crippen LogP contribution is -2.50. The molecule has 0 amide bonds. The van der Waals surface area contributed by atoms with E-state index in [0.717, 1.165) is 30.5 Å². The Balaban J connectivity index is 1.55. The van der Waals surface area contributed by atoms with Crippen LogP contribution in [0.3, 0.4) is 0 Å². The zero-order valence-corrected chi connectivity index (χ0v) is 19.6. The topological polar surface area (TPSA) is 58.6 Å². The number of halogens is 2. The number of carbonyl (C=O) groups is 1. The summed E-state index contributed by atoms with van der Waals surface area (Å²) < 4.78 is 33.8. The lowest BCUT2D eigenvalue weighted by Gasteiger charge is -2.38. The molecular formula is C28H33F2NO3. The van der Waals surface area contributed by atoms with Gasteiger partial charge in [0.15, 0.2) is 5.60 Å². The molecule has 6 atom stereocenters. The Morgan fingerprint density at radius 2 is 1.85 bits per heavy atom. The van der Waals surface area contributed by atoms with Crippen molar-refractivity contribution in [2.75, 3.05) is 6.54 Å². The molecule has 1 saturated heterocycles. The molecule has 0 spiro atoms. The third-order valence-corrected chi connectivity index (χ3v) is 8.23. The van der Waals surface area contributed by atoms with E-state index in [4.69, 9.17) is 4.74 Å². The smallest absolute Gasteiger partial charge is 0.343 e. The summed E-state index contributed by atoms with van der Waals surface area (Å²) in [7, 11) is 0. The predicted molar refractivity (Wildman–Crippen MR) is 126 cm³/mol. The average Bonchev–Trinajstić information content (AvgIpc) is 3.44. The molecule has 4 nitrogen and oxygen atoms in total. The van der Waals surface area contributed by atoms with E-state index < -0.39 is 30.0 Å². The fourth-order valence-corrected chi connectivity index (χ4v) is 6.51. The molecule has 1 heterocycles. The van der Waals surface area contributed by atoms with Crippen molar-refractivity contribution < 1.29 is 23.4 Å². The molecule has 2 aromatic carbocycles. The van der Waals surface area contributed by atoms with Crippen molar-refractivity contribution in [3.05, 3.63) is 71.3 Å². The van der Waals surface area contributed by atoms with Gasteiger partial charge in [-0.2, -0.15) is 0 Å². The van der Waals surface area contributed by atoms with Crippen LogP contribution in [0.5, 0.6) is 0 Å². The minimum Gasteiger partial charge on any atom is -0.460 e. The van der Waals surface area contributed by atoms with Crippen molar-refractivity contribution in [3.63, 3.8) is 0 Å². The largest absolute Gasteiger partial charge is 0.460 e. The van der Waals surface area contributed by atoms with Gasteiger partial charge in [0.05, 0.1) is 0 Å². The Morgan fingerprint density at radius 1 is 1.12 bits per heavy atom. The highest BCUT2D eigenvalue weighted by molar-refractivity contribution is 5.83. The number of carbonyl (C=O) groups excluding carboxylic acids is 1. The van der Waals surface area contributed by atoms with Gasteiger partial charge in [-0.15, -0.1) is 0 Å². The van der Waals surface area contributed by atoms with Crippen LogP contribution < -0.4 is 5.32 Å². The first kappa shape index (κ1) is 23.4. The summed E-state index contributed by atoms with van der Waals surface area (Å²) in [6.07, 6.45) is 0.967. The number of fused-ring (bicyclic) bond motifs is 2. The first-order valence-electron chi connectivity index (χ1n) is 12.5. The molecule has 2 aromatic rings. The summed E-state index contributed by atoms with van der Waals surface area (Å²) in [4.78, 5) is 13.8. The number of hydrogen-bond acceptors (Lipinski definition) is 4. The average molecular weight is 470 g/mol. The van der Waals surface area contributed by atoms with Gasteiger partial charge in [0, 0.05) is 30.7 Å². The predicted octanol–water partition coefficient (Wildman–Crippen LogP) is 5.15. The molecule has 3 fully saturated rings. The van der Waals surface area contributed by atoms with Gasteiger partial charge < -0.3 is 15.2 Å². The van der Waals surface area contributed by atoms with E-state index in [9.17, 15) is 18.7 Å². The van der Waals surface area contributed by atoms with Crippen molar-refractivity contribution in [1.82, 2.24) is 5.32 Å². The van der Waals surface area contributed by atoms with Crippen LogP contribution in [-0.2, 0) is 15.1 Å². The SMILES string of the molecule is C[C@H](c1ccccc1)c1ccccc1C(O)(C(=O)OC1CCCC(F)(F)C1)C1C2CCC1NC2. The summed E-state index contributed by atoms with van der Waals surface area (Å²) in [6, 6.07) is 17.5. The molecule has 6 heteroatoms. The summed E-state index contributed by atoms with van der Waals surface area (Å²) in [6.45, 7) is 2.80. The number of piperidine rings is 1. The van der Waals surface area contributed by atoms with E-state index in [2.05, 4.69) is 12.2 Å².